The van der Waals surface area contributed by atoms with Gasteiger partial charge < -0.3 is 9.47 Å². The van der Waals surface area contributed by atoms with Gasteiger partial charge in [0, 0.05) is 6.07 Å². The summed E-state index contributed by atoms with van der Waals surface area (Å²) in [5.41, 5.74) is 3.51. The molecule has 0 aliphatic rings. The van der Waals surface area contributed by atoms with Crippen molar-refractivity contribution in [1.82, 2.24) is 5.43 Å². The van der Waals surface area contributed by atoms with Crippen LogP contribution in [0.2, 0.25) is 0 Å². The molecule has 0 unspecified atom stereocenters. The van der Waals surface area contributed by atoms with E-state index < -0.39 is 22.5 Å². The van der Waals surface area contributed by atoms with E-state index in [0.29, 0.717) is 17.0 Å². The third-order valence-corrected chi connectivity index (χ3v) is 5.08. The predicted octanol–water partition coefficient (Wildman–Crippen LogP) is 2.15. The highest BCUT2D eigenvalue weighted by Crippen LogP contribution is 2.33. The summed E-state index contributed by atoms with van der Waals surface area (Å²) < 4.78 is 48.9. The number of nitrogens with zero attached hydrogens (tertiary/aromatic N) is 2. The molecule has 0 aromatic heterocycles. The van der Waals surface area contributed by atoms with E-state index in [9.17, 15) is 17.6 Å². The zero-order chi connectivity index (χ0) is 21.6. The van der Waals surface area contributed by atoms with Gasteiger partial charge in [0.05, 0.1) is 31.9 Å². The number of halogens is 1. The van der Waals surface area contributed by atoms with Crippen LogP contribution < -0.4 is 19.2 Å². The predicted molar refractivity (Wildman–Crippen MR) is 108 cm³/mol. The van der Waals surface area contributed by atoms with Crippen LogP contribution in [0.1, 0.15) is 12.5 Å². The molecular weight excluding hydrogens is 401 g/mol. The van der Waals surface area contributed by atoms with E-state index >= 15 is 0 Å². The van der Waals surface area contributed by atoms with Gasteiger partial charge >= 0.3 is 0 Å². The second-order valence-corrected chi connectivity index (χ2v) is 7.95. The van der Waals surface area contributed by atoms with Crippen LogP contribution in [0.15, 0.2) is 47.6 Å². The first-order chi connectivity index (χ1) is 13.7. The average Bonchev–Trinajstić information content (AvgIpc) is 2.69. The number of nitrogens with one attached hydrogen (secondary N) is 1. The minimum atomic E-state index is -3.82. The van der Waals surface area contributed by atoms with Gasteiger partial charge in [-0.25, -0.2) is 18.2 Å². The average molecular weight is 423 g/mol. The Hall–Kier alpha value is -3.14. The van der Waals surface area contributed by atoms with Gasteiger partial charge in [0.15, 0.2) is 0 Å². The molecule has 2 aromatic rings. The highest BCUT2D eigenvalue weighted by atomic mass is 32.2. The molecule has 1 N–H and O–H groups in total. The lowest BCUT2D eigenvalue weighted by Crippen LogP contribution is -2.39. The molecule has 8 nitrogen and oxygen atoms in total. The van der Waals surface area contributed by atoms with Crippen molar-refractivity contribution in [2.75, 3.05) is 31.3 Å². The van der Waals surface area contributed by atoms with E-state index in [-0.39, 0.29) is 17.3 Å². The number of hydrazone groups is 1. The minimum absolute atomic E-state index is 0.156. The zero-order valence-corrected chi connectivity index (χ0v) is 17.3. The monoisotopic (exact) mass is 423 g/mol. The number of carbonyl (C=O) groups excluding carboxylic acids is 1. The third-order valence-electron chi connectivity index (χ3n) is 3.95. The summed E-state index contributed by atoms with van der Waals surface area (Å²) >= 11 is 0. The number of rotatable bonds is 8. The first-order valence-corrected chi connectivity index (χ1v) is 10.3. The van der Waals surface area contributed by atoms with E-state index in [4.69, 9.17) is 9.47 Å². The van der Waals surface area contributed by atoms with E-state index in [1.54, 1.807) is 19.1 Å². The summed E-state index contributed by atoms with van der Waals surface area (Å²) in [6.45, 7) is 1.11. The second kappa shape index (κ2) is 9.37. The van der Waals surface area contributed by atoms with Crippen molar-refractivity contribution in [3.8, 4) is 11.5 Å². The first-order valence-electron chi connectivity index (χ1n) is 8.44. The molecule has 0 aliphatic carbocycles. The summed E-state index contributed by atoms with van der Waals surface area (Å²) in [7, 11) is -0.988. The Kier molecular flexibility index (Phi) is 7.16. The maximum absolute atomic E-state index is 13.0. The molecular formula is C19H22FN3O5S. The molecule has 156 valence electrons. The molecule has 0 bridgehead atoms. The van der Waals surface area contributed by atoms with Crippen LogP contribution in [0.25, 0.3) is 0 Å². The molecule has 29 heavy (non-hydrogen) atoms. The minimum Gasteiger partial charge on any atom is -0.497 e. The number of carbonyl (C=O) groups is 1. The van der Waals surface area contributed by atoms with Crippen LogP contribution in [0.5, 0.6) is 11.5 Å². The lowest BCUT2D eigenvalue weighted by Gasteiger charge is -2.23. The number of methoxy groups -OCH3 is 2. The van der Waals surface area contributed by atoms with Gasteiger partial charge in [0.2, 0.25) is 10.0 Å². The van der Waals surface area contributed by atoms with E-state index in [2.05, 4.69) is 10.5 Å². The summed E-state index contributed by atoms with van der Waals surface area (Å²) in [5, 5.41) is 3.95. The van der Waals surface area contributed by atoms with Gasteiger partial charge in [0.25, 0.3) is 5.91 Å². The van der Waals surface area contributed by atoms with Crippen LogP contribution in [0.4, 0.5) is 10.1 Å². The number of sulfonamides is 1. The van der Waals surface area contributed by atoms with Crippen LogP contribution in [0.3, 0.4) is 0 Å². The molecule has 0 saturated heterocycles. The zero-order valence-electron chi connectivity index (χ0n) is 16.5. The molecule has 0 spiro atoms. The van der Waals surface area contributed by atoms with E-state index in [0.717, 1.165) is 10.6 Å². The maximum atomic E-state index is 13.0. The summed E-state index contributed by atoms with van der Waals surface area (Å²) in [5.74, 6) is -0.390. The van der Waals surface area contributed by atoms with Crippen LogP contribution in [0, 0.1) is 5.82 Å². The van der Waals surface area contributed by atoms with E-state index in [1.807, 2.05) is 0 Å². The fraction of sp³-hybridized carbons (Fsp3) is 0.263. The molecule has 0 radical (unpaired) electrons. The lowest BCUT2D eigenvalue weighted by molar-refractivity contribution is -0.119. The van der Waals surface area contributed by atoms with Crippen molar-refractivity contribution in [2.45, 2.75) is 6.92 Å². The number of hydrogen-bond donors (Lipinski definition) is 1. The molecule has 10 heteroatoms. The standard InChI is InChI=1S/C19H22FN3O5S/c1-13(14-5-7-15(20)8-6-14)21-22-19(24)12-23(29(4,25)26)17-11-16(27-2)9-10-18(17)28-3/h5-11H,12H2,1-4H3,(H,22,24)/b21-13-. The van der Waals surface area contributed by atoms with Gasteiger partial charge in [-0.05, 0) is 36.8 Å². The SMILES string of the molecule is COc1ccc(OC)c(N(CC(=O)N/N=C(/C)c2ccc(F)cc2)S(C)(=O)=O)c1. The van der Waals surface area contributed by atoms with Crippen LogP contribution in [-0.4, -0.2) is 47.1 Å². The van der Waals surface area contributed by atoms with Gasteiger partial charge in [-0.2, -0.15) is 5.10 Å². The van der Waals surface area contributed by atoms with E-state index in [1.165, 1.54) is 44.6 Å². The Morgan fingerprint density at radius 2 is 1.79 bits per heavy atom. The molecule has 0 fully saturated rings. The highest BCUT2D eigenvalue weighted by Gasteiger charge is 2.24. The molecule has 2 aromatic carbocycles. The van der Waals surface area contributed by atoms with Crippen molar-refractivity contribution in [3.05, 3.63) is 53.8 Å². The van der Waals surface area contributed by atoms with Crippen molar-refractivity contribution in [2.24, 2.45) is 5.10 Å². The number of hydrogen-bond acceptors (Lipinski definition) is 6. The Labute approximate surface area is 169 Å². The fourth-order valence-corrected chi connectivity index (χ4v) is 3.29. The summed E-state index contributed by atoms with van der Waals surface area (Å²) in [6.07, 6.45) is 0.978. The number of benzene rings is 2. The van der Waals surface area contributed by atoms with Crippen LogP contribution >= 0.6 is 0 Å². The third kappa shape index (κ3) is 5.92. The normalized spacial score (nSPS) is 11.7. The highest BCUT2D eigenvalue weighted by molar-refractivity contribution is 7.92. The maximum Gasteiger partial charge on any atom is 0.260 e. The summed E-state index contributed by atoms with van der Waals surface area (Å²) in [6, 6.07) is 10.2. The van der Waals surface area contributed by atoms with Crippen LogP contribution in [-0.2, 0) is 14.8 Å². The molecule has 1 amide bonds. The Balaban J connectivity index is 2.24. The van der Waals surface area contributed by atoms with Crippen molar-refractivity contribution < 1.29 is 27.1 Å². The smallest absolute Gasteiger partial charge is 0.260 e. The molecule has 0 heterocycles. The molecule has 0 atom stereocenters. The van der Waals surface area contributed by atoms with Crippen molar-refractivity contribution in [3.63, 3.8) is 0 Å². The summed E-state index contributed by atoms with van der Waals surface area (Å²) in [4.78, 5) is 12.4. The number of ether oxygens (including phenoxy) is 2. The second-order valence-electron chi connectivity index (χ2n) is 6.05. The Morgan fingerprint density at radius 1 is 1.14 bits per heavy atom. The fourth-order valence-electron chi connectivity index (χ4n) is 2.44. The largest absolute Gasteiger partial charge is 0.497 e. The van der Waals surface area contributed by atoms with Gasteiger partial charge in [-0.1, -0.05) is 12.1 Å². The molecule has 0 aliphatic heterocycles. The topological polar surface area (TPSA) is 97.3 Å². The molecule has 2 rings (SSSR count). The first kappa shape index (κ1) is 22.2. The Morgan fingerprint density at radius 3 is 2.34 bits per heavy atom. The van der Waals surface area contributed by atoms with Crippen molar-refractivity contribution in [1.29, 1.82) is 0 Å². The number of amides is 1. The van der Waals surface area contributed by atoms with Crippen molar-refractivity contribution >= 4 is 27.3 Å². The van der Waals surface area contributed by atoms with Gasteiger partial charge in [0.1, 0.15) is 23.9 Å². The quantitative estimate of drug-likeness (QED) is 0.518. The molecule has 0 saturated carbocycles. The Bertz CT molecular complexity index is 1010. The van der Waals surface area contributed by atoms with Gasteiger partial charge in [-0.15, -0.1) is 0 Å². The lowest BCUT2D eigenvalue weighted by atomic mass is 10.1. The van der Waals surface area contributed by atoms with Gasteiger partial charge in [-0.3, -0.25) is 9.10 Å². The number of anilines is 1.